The van der Waals surface area contributed by atoms with E-state index in [9.17, 15) is 29.1 Å². The molecule has 2 rings (SSSR count). The van der Waals surface area contributed by atoms with E-state index in [-0.39, 0.29) is 48.1 Å². The molecule has 0 saturated carbocycles. The van der Waals surface area contributed by atoms with Crippen LogP contribution in [0.2, 0.25) is 0 Å². The van der Waals surface area contributed by atoms with Gasteiger partial charge in [0.2, 0.25) is 11.8 Å². The number of likely N-dealkylation sites (N-methyl/N-ethyl adjacent to an activating group) is 2. The summed E-state index contributed by atoms with van der Waals surface area (Å²) in [5, 5.41) is 20.5. The highest BCUT2D eigenvalue weighted by molar-refractivity contribution is 7.09. The normalized spacial score (nSPS) is 15.7. The number of nitrogens with one attached hydrogen (secondary N) is 3. The number of carbonyl (C=O) groups is 5. The minimum atomic E-state index is -0.948. The van der Waals surface area contributed by atoms with E-state index in [1.165, 1.54) is 18.3 Å². The molecule has 13 heteroatoms. The van der Waals surface area contributed by atoms with Gasteiger partial charge in [0.05, 0.1) is 12.0 Å². The standard InChI is InChI=1S/C37H57N5O7S/c1-11-23(6)32(41-34(45)31(38-9)22(4)5)36(46)42(10)29(21(2)3)19-30(49-25(8)43)35-40-28(20-50-35)33(44)39-27(17-24(7)37(47)48)18-26-15-13-12-14-16-26/h12-16,20-24,27,29-32,38H,11,17-19H2,1-10H3,(H,39,44)(H,41,45)(H,47,48). The van der Waals surface area contributed by atoms with Crippen LogP contribution < -0.4 is 16.0 Å². The second-order valence-corrected chi connectivity index (χ2v) is 14.8. The monoisotopic (exact) mass is 715 g/mol. The van der Waals surface area contributed by atoms with E-state index in [0.29, 0.717) is 17.8 Å². The van der Waals surface area contributed by atoms with Gasteiger partial charge in [-0.05, 0) is 43.2 Å². The molecule has 1 heterocycles. The van der Waals surface area contributed by atoms with Gasteiger partial charge in [-0.3, -0.25) is 24.0 Å². The Morgan fingerprint density at radius 1 is 0.940 bits per heavy atom. The van der Waals surface area contributed by atoms with Crippen LogP contribution >= 0.6 is 11.3 Å². The van der Waals surface area contributed by atoms with Crippen LogP contribution in [0, 0.1) is 23.7 Å². The van der Waals surface area contributed by atoms with E-state index in [4.69, 9.17) is 4.74 Å². The summed E-state index contributed by atoms with van der Waals surface area (Å²) in [6.07, 6.45) is 0.709. The topological polar surface area (TPSA) is 167 Å². The third-order valence-electron chi connectivity index (χ3n) is 9.17. The quantitative estimate of drug-likeness (QED) is 0.140. The average Bonchev–Trinajstić information content (AvgIpc) is 3.55. The van der Waals surface area contributed by atoms with Crippen molar-refractivity contribution in [2.75, 3.05) is 14.1 Å². The summed E-state index contributed by atoms with van der Waals surface area (Å²) in [5.41, 5.74) is 1.08. The van der Waals surface area contributed by atoms with Crippen molar-refractivity contribution in [3.05, 3.63) is 52.0 Å². The second kappa shape index (κ2) is 20.1. The summed E-state index contributed by atoms with van der Waals surface area (Å²) in [6, 6.07) is 7.42. The molecule has 0 aliphatic rings. The molecule has 0 fully saturated rings. The van der Waals surface area contributed by atoms with E-state index < -0.39 is 54.0 Å². The predicted molar refractivity (Wildman–Crippen MR) is 195 cm³/mol. The number of benzene rings is 1. The van der Waals surface area contributed by atoms with Gasteiger partial charge >= 0.3 is 11.9 Å². The Kier molecular flexibility index (Phi) is 17.0. The summed E-state index contributed by atoms with van der Waals surface area (Å²) in [6.45, 7) is 14.6. The third kappa shape index (κ3) is 12.5. The zero-order valence-corrected chi connectivity index (χ0v) is 32.0. The summed E-state index contributed by atoms with van der Waals surface area (Å²) >= 11 is 1.17. The number of hydrogen-bond acceptors (Lipinski definition) is 9. The number of aromatic nitrogens is 1. The van der Waals surface area contributed by atoms with Crippen molar-refractivity contribution in [1.29, 1.82) is 0 Å². The van der Waals surface area contributed by atoms with Crippen molar-refractivity contribution >= 4 is 41.0 Å². The summed E-state index contributed by atoms with van der Waals surface area (Å²) in [7, 11) is 3.42. The summed E-state index contributed by atoms with van der Waals surface area (Å²) < 4.78 is 5.74. The molecule has 0 aliphatic heterocycles. The highest BCUT2D eigenvalue weighted by Crippen LogP contribution is 2.31. The van der Waals surface area contributed by atoms with E-state index in [0.717, 1.165) is 5.56 Å². The van der Waals surface area contributed by atoms with Crippen LogP contribution in [-0.4, -0.2) is 82.9 Å². The lowest BCUT2D eigenvalue weighted by Crippen LogP contribution is -2.57. The van der Waals surface area contributed by atoms with Gasteiger partial charge < -0.3 is 30.7 Å². The van der Waals surface area contributed by atoms with Crippen molar-refractivity contribution in [2.24, 2.45) is 23.7 Å². The van der Waals surface area contributed by atoms with Gasteiger partial charge in [-0.15, -0.1) is 11.3 Å². The molecule has 0 aliphatic carbocycles. The summed E-state index contributed by atoms with van der Waals surface area (Å²) in [4.78, 5) is 70.8. The molecule has 0 bridgehead atoms. The second-order valence-electron chi connectivity index (χ2n) is 13.9. The molecule has 1 aromatic heterocycles. The SMILES string of the molecule is CCC(C)C(NC(=O)C(NC)C(C)C)C(=O)N(C)C(CC(OC(C)=O)c1nc(C(=O)NC(Cc2ccccc2)CC(C)C(=O)O)cs1)C(C)C. The van der Waals surface area contributed by atoms with Gasteiger partial charge in [0.15, 0.2) is 6.10 Å². The Morgan fingerprint density at radius 3 is 2.10 bits per heavy atom. The lowest BCUT2D eigenvalue weighted by Gasteiger charge is -2.37. The largest absolute Gasteiger partial charge is 0.481 e. The Hall–Kier alpha value is -3.84. The molecule has 0 saturated heterocycles. The van der Waals surface area contributed by atoms with Crippen LogP contribution in [-0.2, 0) is 30.3 Å². The maximum Gasteiger partial charge on any atom is 0.306 e. The van der Waals surface area contributed by atoms with Crippen LogP contribution in [0.15, 0.2) is 35.7 Å². The van der Waals surface area contributed by atoms with Crippen LogP contribution in [0.1, 0.15) is 102 Å². The number of rotatable bonds is 20. The molecule has 7 atom stereocenters. The third-order valence-corrected chi connectivity index (χ3v) is 10.1. The molecule has 278 valence electrons. The minimum Gasteiger partial charge on any atom is -0.481 e. The maximum atomic E-state index is 14.1. The van der Waals surface area contributed by atoms with Crippen LogP contribution in [0.5, 0.6) is 0 Å². The van der Waals surface area contributed by atoms with Crippen LogP contribution in [0.3, 0.4) is 0 Å². The Balaban J connectivity index is 2.33. The predicted octanol–water partition coefficient (Wildman–Crippen LogP) is 4.85. The Labute approximate surface area is 301 Å². The van der Waals surface area contributed by atoms with E-state index >= 15 is 0 Å². The number of ether oxygens (including phenoxy) is 1. The zero-order chi connectivity index (χ0) is 37.7. The zero-order valence-electron chi connectivity index (χ0n) is 31.2. The van der Waals surface area contributed by atoms with Gasteiger partial charge in [-0.25, -0.2) is 4.98 Å². The van der Waals surface area contributed by atoms with Crippen LogP contribution in [0.4, 0.5) is 0 Å². The number of amides is 3. The number of nitrogens with zero attached hydrogens (tertiary/aromatic N) is 2. The van der Waals surface area contributed by atoms with Crippen molar-refractivity contribution in [3.8, 4) is 0 Å². The van der Waals surface area contributed by atoms with Crippen molar-refractivity contribution in [3.63, 3.8) is 0 Å². The molecule has 50 heavy (non-hydrogen) atoms. The molecular formula is C37H57N5O7S. The molecule has 0 radical (unpaired) electrons. The minimum absolute atomic E-state index is 0.0200. The van der Waals surface area contributed by atoms with E-state index in [1.54, 1.807) is 31.3 Å². The number of carboxylic acid groups (broad SMARTS) is 1. The Morgan fingerprint density at radius 2 is 1.58 bits per heavy atom. The first-order chi connectivity index (χ1) is 23.5. The molecule has 7 unspecified atom stereocenters. The number of hydrogen-bond donors (Lipinski definition) is 4. The van der Waals surface area contributed by atoms with E-state index in [2.05, 4.69) is 20.9 Å². The average molecular weight is 716 g/mol. The molecule has 4 N–H and O–H groups in total. The first-order valence-corrected chi connectivity index (χ1v) is 18.3. The van der Waals surface area contributed by atoms with Crippen molar-refractivity contribution < 1.29 is 33.8 Å². The molecule has 0 spiro atoms. The number of esters is 1. The Bertz CT molecular complexity index is 1420. The number of carbonyl (C=O) groups excluding carboxylic acids is 4. The highest BCUT2D eigenvalue weighted by atomic mass is 32.1. The van der Waals surface area contributed by atoms with Crippen LogP contribution in [0.25, 0.3) is 0 Å². The smallest absolute Gasteiger partial charge is 0.306 e. The molecule has 2 aromatic rings. The van der Waals surface area contributed by atoms with Gasteiger partial charge in [0, 0.05) is 37.9 Å². The van der Waals surface area contributed by atoms with Gasteiger partial charge in [-0.1, -0.05) is 85.2 Å². The molecule has 3 amide bonds. The fourth-order valence-corrected chi connectivity index (χ4v) is 6.83. The van der Waals surface area contributed by atoms with Gasteiger partial charge in [0.25, 0.3) is 5.91 Å². The first kappa shape index (κ1) is 42.3. The lowest BCUT2D eigenvalue weighted by molar-refractivity contribution is -0.149. The first-order valence-electron chi connectivity index (χ1n) is 17.4. The molecule has 1 aromatic carbocycles. The van der Waals surface area contributed by atoms with Crippen molar-refractivity contribution in [1.82, 2.24) is 25.8 Å². The lowest BCUT2D eigenvalue weighted by atomic mass is 9.92. The molecular weight excluding hydrogens is 659 g/mol. The number of thiazole rings is 1. The van der Waals surface area contributed by atoms with Gasteiger partial charge in [-0.2, -0.15) is 0 Å². The number of aliphatic carboxylic acids is 1. The van der Waals surface area contributed by atoms with E-state index in [1.807, 2.05) is 71.9 Å². The highest BCUT2D eigenvalue weighted by Gasteiger charge is 2.36. The maximum absolute atomic E-state index is 14.1. The van der Waals surface area contributed by atoms with Gasteiger partial charge in [0.1, 0.15) is 16.7 Å². The summed E-state index contributed by atoms with van der Waals surface area (Å²) in [5.74, 6) is -3.29. The van der Waals surface area contributed by atoms with Crippen molar-refractivity contribution in [2.45, 2.75) is 111 Å². The number of carboxylic acids is 1. The molecule has 12 nitrogen and oxygen atoms in total. The fraction of sp³-hybridized carbons (Fsp3) is 0.622. The fourth-order valence-electron chi connectivity index (χ4n) is 5.99.